The highest BCUT2D eigenvalue weighted by molar-refractivity contribution is 8.13. The molecule has 1 atom stereocenters. The second-order valence-electron chi connectivity index (χ2n) is 5.01. The van der Waals surface area contributed by atoms with Crippen LogP contribution >= 0.6 is 10.7 Å². The molecule has 0 radical (unpaired) electrons. The van der Waals surface area contributed by atoms with Crippen molar-refractivity contribution in [3.63, 3.8) is 0 Å². The third kappa shape index (κ3) is 3.35. The molecule has 1 fully saturated rings. The van der Waals surface area contributed by atoms with Crippen molar-refractivity contribution < 1.29 is 13.2 Å². The van der Waals surface area contributed by atoms with Gasteiger partial charge in [-0.05, 0) is 32.1 Å². The minimum Gasteiger partial charge on any atom is -0.378 e. The summed E-state index contributed by atoms with van der Waals surface area (Å²) < 4.78 is 30.9. The number of rotatable bonds is 6. The Hall–Kier alpha value is -0.590. The lowest BCUT2D eigenvalue weighted by Crippen LogP contribution is -2.13. The van der Waals surface area contributed by atoms with Crippen molar-refractivity contribution in [3.05, 3.63) is 11.4 Å². The van der Waals surface area contributed by atoms with Crippen molar-refractivity contribution >= 4 is 19.7 Å². The van der Waals surface area contributed by atoms with Crippen LogP contribution in [0.1, 0.15) is 44.5 Å². The molecule has 1 aromatic rings. The third-order valence-corrected chi connectivity index (χ3v) is 5.10. The molecule has 1 saturated heterocycles. The fraction of sp³-hybridized carbons (Fsp3) is 0.769. The molecule has 0 saturated carbocycles. The van der Waals surface area contributed by atoms with E-state index in [1.807, 2.05) is 13.8 Å². The molecule has 2 heterocycles. The van der Waals surface area contributed by atoms with Gasteiger partial charge in [0.2, 0.25) is 0 Å². The van der Waals surface area contributed by atoms with E-state index in [0.717, 1.165) is 25.9 Å². The van der Waals surface area contributed by atoms with Crippen LogP contribution in [0.15, 0.2) is 4.90 Å². The molecule has 20 heavy (non-hydrogen) atoms. The Labute approximate surface area is 124 Å². The van der Waals surface area contributed by atoms with Gasteiger partial charge in [0, 0.05) is 23.8 Å². The van der Waals surface area contributed by atoms with Crippen LogP contribution in [-0.2, 0) is 33.2 Å². The van der Waals surface area contributed by atoms with E-state index < -0.39 is 9.05 Å². The SMILES string of the molecule is CCc1nn(CCC2CCCO2)c(CC)c1S(=O)(=O)Cl. The highest BCUT2D eigenvalue weighted by Crippen LogP contribution is 2.26. The molecule has 0 N–H and O–H groups in total. The van der Waals surface area contributed by atoms with Crippen molar-refractivity contribution in [1.82, 2.24) is 9.78 Å². The molecule has 7 heteroatoms. The molecule has 0 spiro atoms. The molecular weight excluding hydrogens is 300 g/mol. The number of halogens is 1. The highest BCUT2D eigenvalue weighted by atomic mass is 35.7. The summed E-state index contributed by atoms with van der Waals surface area (Å²) in [6.07, 6.45) is 4.46. The molecule has 1 unspecified atom stereocenters. The molecule has 0 amide bonds. The number of hydrogen-bond donors (Lipinski definition) is 0. The fourth-order valence-corrected chi connectivity index (χ4v) is 4.25. The summed E-state index contributed by atoms with van der Waals surface area (Å²) >= 11 is 0. The molecule has 2 rings (SSSR count). The Morgan fingerprint density at radius 1 is 1.40 bits per heavy atom. The Bertz CT molecular complexity index is 562. The van der Waals surface area contributed by atoms with Crippen LogP contribution in [0, 0.1) is 0 Å². The number of hydrogen-bond acceptors (Lipinski definition) is 4. The molecule has 0 aromatic carbocycles. The number of ether oxygens (including phenoxy) is 1. The van der Waals surface area contributed by atoms with Crippen LogP contribution in [0.5, 0.6) is 0 Å². The minimum absolute atomic E-state index is 0.205. The smallest absolute Gasteiger partial charge is 0.264 e. The van der Waals surface area contributed by atoms with E-state index in [1.54, 1.807) is 4.68 Å². The standard InChI is InChI=1S/C13H21ClN2O3S/c1-3-11-13(20(14,17)18)12(4-2)16(15-11)8-7-10-6-5-9-19-10/h10H,3-9H2,1-2H3. The first-order valence-electron chi connectivity index (χ1n) is 7.12. The third-order valence-electron chi connectivity index (χ3n) is 3.68. The number of nitrogens with zero attached hydrogens (tertiary/aromatic N) is 2. The quantitative estimate of drug-likeness (QED) is 0.756. The van der Waals surface area contributed by atoms with Gasteiger partial charge >= 0.3 is 0 Å². The average molecular weight is 321 g/mol. The predicted octanol–water partition coefficient (Wildman–Crippen LogP) is 2.50. The largest absolute Gasteiger partial charge is 0.378 e. The topological polar surface area (TPSA) is 61.2 Å². The van der Waals surface area contributed by atoms with Gasteiger partial charge in [0.05, 0.1) is 17.5 Å². The Morgan fingerprint density at radius 3 is 2.65 bits per heavy atom. The predicted molar refractivity (Wildman–Crippen MR) is 77.6 cm³/mol. The maximum absolute atomic E-state index is 11.8. The molecule has 1 aromatic heterocycles. The van der Waals surface area contributed by atoms with Crippen LogP contribution < -0.4 is 0 Å². The van der Waals surface area contributed by atoms with Gasteiger partial charge in [-0.15, -0.1) is 0 Å². The van der Waals surface area contributed by atoms with Gasteiger partial charge in [0.1, 0.15) is 4.90 Å². The maximum atomic E-state index is 11.8. The molecule has 0 bridgehead atoms. The van der Waals surface area contributed by atoms with Gasteiger partial charge in [-0.3, -0.25) is 4.68 Å². The Morgan fingerprint density at radius 2 is 2.15 bits per heavy atom. The summed E-state index contributed by atoms with van der Waals surface area (Å²) in [5.41, 5.74) is 1.26. The van der Waals surface area contributed by atoms with Gasteiger partial charge < -0.3 is 4.74 Å². The normalized spacial score (nSPS) is 19.6. The Balaban J connectivity index is 2.26. The molecule has 1 aliphatic rings. The van der Waals surface area contributed by atoms with Gasteiger partial charge in [-0.2, -0.15) is 5.10 Å². The highest BCUT2D eigenvalue weighted by Gasteiger charge is 2.26. The lowest BCUT2D eigenvalue weighted by molar-refractivity contribution is 0.0992. The van der Waals surface area contributed by atoms with Crippen molar-refractivity contribution in [2.45, 2.75) is 63.5 Å². The first kappa shape index (κ1) is 15.8. The van der Waals surface area contributed by atoms with Crippen LogP contribution in [0.4, 0.5) is 0 Å². The first-order chi connectivity index (χ1) is 9.47. The van der Waals surface area contributed by atoms with E-state index >= 15 is 0 Å². The zero-order chi connectivity index (χ0) is 14.8. The van der Waals surface area contributed by atoms with Crippen LogP contribution in [0.25, 0.3) is 0 Å². The molecule has 1 aliphatic heterocycles. The zero-order valence-corrected chi connectivity index (χ0v) is 13.5. The van der Waals surface area contributed by atoms with Gasteiger partial charge in [0.15, 0.2) is 0 Å². The van der Waals surface area contributed by atoms with Crippen molar-refractivity contribution in [2.24, 2.45) is 0 Å². The summed E-state index contributed by atoms with van der Waals surface area (Å²) in [5, 5.41) is 4.42. The van der Waals surface area contributed by atoms with Gasteiger partial charge in [-0.1, -0.05) is 13.8 Å². The van der Waals surface area contributed by atoms with Gasteiger partial charge in [-0.25, -0.2) is 8.42 Å². The fourth-order valence-electron chi connectivity index (χ4n) is 2.71. The summed E-state index contributed by atoms with van der Waals surface area (Å²) in [6, 6.07) is 0. The van der Waals surface area contributed by atoms with Crippen molar-refractivity contribution in [1.29, 1.82) is 0 Å². The van der Waals surface area contributed by atoms with E-state index in [-0.39, 0.29) is 11.0 Å². The summed E-state index contributed by atoms with van der Waals surface area (Å²) in [7, 11) is 1.81. The summed E-state index contributed by atoms with van der Waals surface area (Å²) in [5.74, 6) is 0. The Kier molecular flexibility index (Phi) is 5.09. The number of aromatic nitrogens is 2. The molecule has 114 valence electrons. The second-order valence-corrected chi connectivity index (χ2v) is 7.52. The average Bonchev–Trinajstić information content (AvgIpc) is 3.01. The summed E-state index contributed by atoms with van der Waals surface area (Å²) in [6.45, 7) is 5.31. The van der Waals surface area contributed by atoms with Crippen molar-refractivity contribution in [3.8, 4) is 0 Å². The van der Waals surface area contributed by atoms with E-state index in [2.05, 4.69) is 5.10 Å². The first-order valence-corrected chi connectivity index (χ1v) is 9.43. The van der Waals surface area contributed by atoms with Crippen LogP contribution in [-0.4, -0.2) is 30.9 Å². The molecular formula is C13H21ClN2O3S. The van der Waals surface area contributed by atoms with Crippen LogP contribution in [0.3, 0.4) is 0 Å². The molecule has 0 aliphatic carbocycles. The maximum Gasteiger partial charge on any atom is 0.264 e. The minimum atomic E-state index is -3.75. The van der Waals surface area contributed by atoms with E-state index in [9.17, 15) is 8.42 Å². The second kappa shape index (κ2) is 6.45. The zero-order valence-electron chi connectivity index (χ0n) is 11.9. The van der Waals surface area contributed by atoms with Gasteiger partial charge in [0.25, 0.3) is 9.05 Å². The van der Waals surface area contributed by atoms with E-state index in [0.29, 0.717) is 30.8 Å². The van der Waals surface area contributed by atoms with Crippen molar-refractivity contribution in [2.75, 3.05) is 6.61 Å². The lowest BCUT2D eigenvalue weighted by atomic mass is 10.2. The van der Waals surface area contributed by atoms with Crippen LogP contribution in [0.2, 0.25) is 0 Å². The summed E-state index contributed by atoms with van der Waals surface area (Å²) in [4.78, 5) is 0.205. The van der Waals surface area contributed by atoms with E-state index in [1.165, 1.54) is 0 Å². The number of aryl methyl sites for hydroxylation is 2. The molecule has 5 nitrogen and oxygen atoms in total. The monoisotopic (exact) mass is 320 g/mol. The lowest BCUT2D eigenvalue weighted by Gasteiger charge is -2.11. The van der Waals surface area contributed by atoms with E-state index in [4.69, 9.17) is 15.4 Å².